The lowest BCUT2D eigenvalue weighted by molar-refractivity contribution is -0.229. The molecule has 0 radical (unpaired) electrons. The van der Waals surface area contributed by atoms with Gasteiger partial charge in [0.05, 0.1) is 13.2 Å². The number of rotatable bonds is 16. The molecule has 1 aromatic rings. The van der Waals surface area contributed by atoms with Gasteiger partial charge in [0.15, 0.2) is 6.29 Å². The van der Waals surface area contributed by atoms with Crippen molar-refractivity contribution in [2.24, 2.45) is 0 Å². The van der Waals surface area contributed by atoms with E-state index >= 15 is 0 Å². The zero-order valence-corrected chi connectivity index (χ0v) is 20.8. The van der Waals surface area contributed by atoms with E-state index in [1.54, 1.807) is 0 Å². The molecule has 0 N–H and O–H groups in total. The molecule has 4 nitrogen and oxygen atoms in total. The first-order valence-corrected chi connectivity index (χ1v) is 12.9. The number of hydrogen-bond acceptors (Lipinski definition) is 4. The van der Waals surface area contributed by atoms with E-state index < -0.39 is 0 Å². The summed E-state index contributed by atoms with van der Waals surface area (Å²) in [5.74, 6) is -0.189. The van der Waals surface area contributed by atoms with Crippen LogP contribution in [0.5, 0.6) is 0 Å². The summed E-state index contributed by atoms with van der Waals surface area (Å²) >= 11 is 0. The molecule has 1 aliphatic heterocycles. The molecule has 0 aromatic heterocycles. The summed E-state index contributed by atoms with van der Waals surface area (Å²) < 4.78 is 16.9. The lowest BCUT2D eigenvalue weighted by Gasteiger charge is -2.29. The number of ether oxygens (including phenoxy) is 3. The van der Waals surface area contributed by atoms with E-state index in [0.29, 0.717) is 19.6 Å². The van der Waals surface area contributed by atoms with Crippen LogP contribution >= 0.6 is 0 Å². The molecule has 186 valence electrons. The number of unbranched alkanes of at least 4 members (excludes halogenated alkanes) is 4. The molecule has 34 heavy (non-hydrogen) atoms. The maximum absolute atomic E-state index is 12.0. The van der Waals surface area contributed by atoms with Gasteiger partial charge in [-0.05, 0) is 44.9 Å². The number of carbonyl (C=O) groups is 1. The Hall–Kier alpha value is -2.43. The Kier molecular flexibility index (Phi) is 15.5. The molecule has 0 spiro atoms. The van der Waals surface area contributed by atoms with Crippen LogP contribution in [0.15, 0.2) is 78.9 Å². The van der Waals surface area contributed by atoms with Gasteiger partial charge in [0, 0.05) is 12.0 Å². The summed E-state index contributed by atoms with van der Waals surface area (Å²) in [7, 11) is 0. The van der Waals surface area contributed by atoms with Crippen LogP contribution in [0.4, 0.5) is 0 Å². The minimum Gasteiger partial charge on any atom is -0.457 e. The van der Waals surface area contributed by atoms with Crippen molar-refractivity contribution in [1.29, 1.82) is 0 Å². The number of benzene rings is 1. The molecule has 0 amide bonds. The van der Waals surface area contributed by atoms with Crippen molar-refractivity contribution >= 4 is 5.97 Å². The van der Waals surface area contributed by atoms with E-state index in [4.69, 9.17) is 14.2 Å². The first kappa shape index (κ1) is 27.8. The first-order chi connectivity index (χ1) is 16.8. The van der Waals surface area contributed by atoms with Gasteiger partial charge in [0.25, 0.3) is 0 Å². The third-order valence-corrected chi connectivity index (χ3v) is 5.45. The molecule has 0 bridgehead atoms. The molecule has 4 heteroatoms. The van der Waals surface area contributed by atoms with Crippen molar-refractivity contribution in [2.75, 3.05) is 13.2 Å². The lowest BCUT2D eigenvalue weighted by Crippen LogP contribution is -2.35. The number of allylic oxidation sites excluding steroid dienone is 8. The normalized spacial score (nSPS) is 19.1. The molecule has 1 saturated heterocycles. The van der Waals surface area contributed by atoms with E-state index in [1.165, 1.54) is 25.7 Å². The monoisotopic (exact) mass is 466 g/mol. The zero-order valence-electron chi connectivity index (χ0n) is 20.8. The Bertz CT molecular complexity index is 755. The topological polar surface area (TPSA) is 44.8 Å². The molecule has 1 heterocycles. The third kappa shape index (κ3) is 13.3. The Morgan fingerprint density at radius 3 is 1.97 bits per heavy atom. The number of hydrogen-bond donors (Lipinski definition) is 0. The van der Waals surface area contributed by atoms with Crippen LogP contribution in [0.2, 0.25) is 0 Å². The highest BCUT2D eigenvalue weighted by Gasteiger charge is 2.25. The molecule has 1 fully saturated rings. The van der Waals surface area contributed by atoms with Crippen LogP contribution in [0.25, 0.3) is 0 Å². The minimum absolute atomic E-state index is 0.189. The Morgan fingerprint density at radius 2 is 1.38 bits per heavy atom. The molecule has 0 atom stereocenters. The molecule has 1 aromatic carbocycles. The van der Waals surface area contributed by atoms with Crippen molar-refractivity contribution in [3.8, 4) is 0 Å². The molecular weight excluding hydrogens is 424 g/mol. The highest BCUT2D eigenvalue weighted by atomic mass is 16.7. The Morgan fingerprint density at radius 1 is 0.824 bits per heavy atom. The van der Waals surface area contributed by atoms with Gasteiger partial charge in [0.1, 0.15) is 6.10 Å². The predicted octanol–water partition coefficient (Wildman–Crippen LogP) is 7.79. The summed E-state index contributed by atoms with van der Waals surface area (Å²) in [6.07, 6.45) is 27.1. The lowest BCUT2D eigenvalue weighted by atomic mass is 10.2. The summed E-state index contributed by atoms with van der Waals surface area (Å²) in [5, 5.41) is 0. The smallest absolute Gasteiger partial charge is 0.306 e. The Balaban J connectivity index is 1.43. The van der Waals surface area contributed by atoms with Crippen molar-refractivity contribution < 1.29 is 19.0 Å². The van der Waals surface area contributed by atoms with Crippen LogP contribution in [0, 0.1) is 0 Å². The average Bonchev–Trinajstić information content (AvgIpc) is 2.87. The average molecular weight is 467 g/mol. The second-order valence-electron chi connectivity index (χ2n) is 8.50. The zero-order chi connectivity index (χ0) is 24.1. The van der Waals surface area contributed by atoms with Gasteiger partial charge in [0.2, 0.25) is 0 Å². The van der Waals surface area contributed by atoms with Crippen molar-refractivity contribution in [3.63, 3.8) is 0 Å². The van der Waals surface area contributed by atoms with Gasteiger partial charge in [-0.1, -0.05) is 98.7 Å². The molecule has 0 saturated carbocycles. The molecule has 1 aliphatic rings. The quantitative estimate of drug-likeness (QED) is 0.142. The molecule has 0 aliphatic carbocycles. The maximum Gasteiger partial charge on any atom is 0.306 e. The molecule has 0 unspecified atom stereocenters. The summed E-state index contributed by atoms with van der Waals surface area (Å²) in [6.45, 7) is 2.96. The predicted molar refractivity (Wildman–Crippen MR) is 139 cm³/mol. The van der Waals surface area contributed by atoms with Gasteiger partial charge in [-0.15, -0.1) is 0 Å². The van der Waals surface area contributed by atoms with E-state index in [0.717, 1.165) is 37.7 Å². The van der Waals surface area contributed by atoms with Crippen molar-refractivity contribution in [1.82, 2.24) is 0 Å². The highest BCUT2D eigenvalue weighted by Crippen LogP contribution is 2.23. The standard InChI is InChI=1S/C30H42O4/c1-2-3-4-5-6-7-8-9-10-11-12-13-14-15-16-17-21-24-29(31)34-28-25-32-30(33-26-28)27-22-19-18-20-23-27/h6-7,9-10,12-13,15-16,18-20,22-23,28,30H,2-5,8,11,14,17,21,24-26H2,1H3. The summed E-state index contributed by atoms with van der Waals surface area (Å²) in [6, 6.07) is 9.79. The number of esters is 1. The highest BCUT2D eigenvalue weighted by molar-refractivity contribution is 5.69. The summed E-state index contributed by atoms with van der Waals surface area (Å²) in [5.41, 5.74) is 0.978. The fourth-order valence-electron chi connectivity index (χ4n) is 3.53. The van der Waals surface area contributed by atoms with Gasteiger partial charge in [-0.3, -0.25) is 4.79 Å². The maximum atomic E-state index is 12.0. The van der Waals surface area contributed by atoms with Crippen molar-refractivity contribution in [3.05, 3.63) is 84.5 Å². The van der Waals surface area contributed by atoms with Crippen LogP contribution in [0.1, 0.15) is 83.0 Å². The fourth-order valence-corrected chi connectivity index (χ4v) is 3.53. The van der Waals surface area contributed by atoms with E-state index in [9.17, 15) is 4.79 Å². The van der Waals surface area contributed by atoms with Crippen LogP contribution in [-0.4, -0.2) is 25.3 Å². The second kappa shape index (κ2) is 18.9. The summed E-state index contributed by atoms with van der Waals surface area (Å²) in [4.78, 5) is 12.0. The first-order valence-electron chi connectivity index (χ1n) is 12.9. The van der Waals surface area contributed by atoms with Gasteiger partial charge in [-0.25, -0.2) is 0 Å². The van der Waals surface area contributed by atoms with Crippen molar-refractivity contribution in [2.45, 2.75) is 83.5 Å². The van der Waals surface area contributed by atoms with E-state index in [-0.39, 0.29) is 18.4 Å². The van der Waals surface area contributed by atoms with Gasteiger partial charge < -0.3 is 14.2 Å². The molecular formula is C30H42O4. The van der Waals surface area contributed by atoms with Gasteiger partial charge in [-0.2, -0.15) is 0 Å². The molecule has 2 rings (SSSR count). The van der Waals surface area contributed by atoms with E-state index in [2.05, 4.69) is 55.5 Å². The van der Waals surface area contributed by atoms with Crippen LogP contribution < -0.4 is 0 Å². The third-order valence-electron chi connectivity index (χ3n) is 5.45. The van der Waals surface area contributed by atoms with Gasteiger partial charge >= 0.3 is 5.97 Å². The fraction of sp³-hybridized carbons (Fsp3) is 0.500. The number of carbonyl (C=O) groups excluding carboxylic acids is 1. The SMILES string of the molecule is CCCCCC=CCC=CCC=CCC=CCCCC(=O)OC1COC(c2ccccc2)OC1. The largest absolute Gasteiger partial charge is 0.457 e. The van der Waals surface area contributed by atoms with Crippen LogP contribution in [0.3, 0.4) is 0 Å². The minimum atomic E-state index is -0.381. The Labute approximate surface area is 206 Å². The van der Waals surface area contributed by atoms with Crippen LogP contribution in [-0.2, 0) is 19.0 Å². The van der Waals surface area contributed by atoms with E-state index in [1.807, 2.05) is 30.3 Å². The second-order valence-corrected chi connectivity index (χ2v) is 8.50.